The first-order chi connectivity index (χ1) is 16.8. The van der Waals surface area contributed by atoms with Crippen molar-refractivity contribution in [2.24, 2.45) is 0 Å². The van der Waals surface area contributed by atoms with Crippen molar-refractivity contribution in [3.05, 3.63) is 98.8 Å². The lowest BCUT2D eigenvalue weighted by atomic mass is 9.79. The molecule has 35 heavy (non-hydrogen) atoms. The number of carbonyl (C=O) groups excluding carboxylic acids is 2. The average molecular weight is 511 g/mol. The molecule has 1 aliphatic carbocycles. The van der Waals surface area contributed by atoms with E-state index in [1.807, 2.05) is 24.3 Å². The first kappa shape index (κ1) is 23.9. The molecule has 6 nitrogen and oxygen atoms in total. The van der Waals surface area contributed by atoms with Gasteiger partial charge >= 0.3 is 0 Å². The van der Waals surface area contributed by atoms with Crippen LogP contribution in [0.2, 0.25) is 10.0 Å². The number of carbonyl (C=O) groups is 2. The summed E-state index contributed by atoms with van der Waals surface area (Å²) in [5.74, 6) is -0.469. The fourth-order valence-corrected chi connectivity index (χ4v) is 5.27. The molecule has 3 aromatic rings. The summed E-state index contributed by atoms with van der Waals surface area (Å²) in [5.41, 5.74) is 2.00. The van der Waals surface area contributed by atoms with Gasteiger partial charge in [0.05, 0.1) is 17.2 Å². The average Bonchev–Trinajstić information content (AvgIpc) is 3.36. The Hall–Kier alpha value is -2.77. The molecule has 1 fully saturated rings. The van der Waals surface area contributed by atoms with Crippen molar-refractivity contribution in [3.63, 3.8) is 0 Å². The molecule has 180 valence electrons. The van der Waals surface area contributed by atoms with Crippen LogP contribution in [0.1, 0.15) is 63.7 Å². The van der Waals surface area contributed by atoms with E-state index in [0.717, 1.165) is 5.56 Å². The smallest absolute Gasteiger partial charge is 0.279 e. The maximum atomic E-state index is 13.9. The van der Waals surface area contributed by atoms with Crippen LogP contribution in [0.4, 0.5) is 0 Å². The van der Waals surface area contributed by atoms with Gasteiger partial charge in [-0.25, -0.2) is 5.06 Å². The zero-order valence-electron chi connectivity index (χ0n) is 19.1. The van der Waals surface area contributed by atoms with E-state index in [1.165, 1.54) is 12.0 Å². The first-order valence-corrected chi connectivity index (χ1v) is 12.2. The van der Waals surface area contributed by atoms with Crippen LogP contribution >= 0.6 is 23.2 Å². The van der Waals surface area contributed by atoms with Gasteiger partial charge in [-0.05, 0) is 61.2 Å². The quantitative estimate of drug-likeness (QED) is 0.450. The van der Waals surface area contributed by atoms with Gasteiger partial charge in [-0.3, -0.25) is 19.4 Å². The molecule has 1 N–H and O–H groups in total. The Morgan fingerprint density at radius 3 is 2.49 bits per heavy atom. The number of halogens is 2. The maximum absolute atomic E-state index is 13.9. The van der Waals surface area contributed by atoms with Gasteiger partial charge in [-0.1, -0.05) is 47.5 Å². The zero-order chi connectivity index (χ0) is 24.7. The number of fused-ring (bicyclic) bond motifs is 1. The van der Waals surface area contributed by atoms with E-state index < -0.39 is 11.6 Å². The minimum atomic E-state index is -1.07. The first-order valence-electron chi connectivity index (χ1n) is 11.5. The second-order valence-corrected chi connectivity index (χ2v) is 9.99. The number of amides is 1. The summed E-state index contributed by atoms with van der Waals surface area (Å²) in [6.07, 6.45) is 2.78. The van der Waals surface area contributed by atoms with E-state index in [4.69, 9.17) is 28.0 Å². The van der Waals surface area contributed by atoms with Gasteiger partial charge in [-0.2, -0.15) is 0 Å². The molecule has 0 bridgehead atoms. The van der Waals surface area contributed by atoms with Gasteiger partial charge in [0.25, 0.3) is 5.91 Å². The van der Waals surface area contributed by atoms with Gasteiger partial charge < -0.3 is 5.11 Å². The van der Waals surface area contributed by atoms with Gasteiger partial charge in [-0.15, -0.1) is 0 Å². The Morgan fingerprint density at radius 1 is 1.11 bits per heavy atom. The summed E-state index contributed by atoms with van der Waals surface area (Å²) in [7, 11) is 0. The summed E-state index contributed by atoms with van der Waals surface area (Å²) < 4.78 is 0. The number of pyridine rings is 1. The highest BCUT2D eigenvalue weighted by Gasteiger charge is 2.53. The summed E-state index contributed by atoms with van der Waals surface area (Å²) in [5, 5.41) is 12.6. The van der Waals surface area contributed by atoms with Crippen molar-refractivity contribution in [1.82, 2.24) is 10.0 Å². The number of aliphatic hydroxyl groups is 1. The SMILES string of the molecule is CC(=O)c1ccc2c(c1)C(=O)N(OC1CCC(O)C1)C2(Cc1ccc(Cl)cn1)c1ccc(Cl)cc1. The maximum Gasteiger partial charge on any atom is 0.279 e. The molecule has 8 heteroatoms. The second kappa shape index (κ2) is 9.36. The lowest BCUT2D eigenvalue weighted by Gasteiger charge is -2.40. The van der Waals surface area contributed by atoms with Crippen LogP contribution in [-0.2, 0) is 16.8 Å². The molecule has 0 spiro atoms. The Balaban J connectivity index is 1.72. The number of benzene rings is 2. The Kier molecular flexibility index (Phi) is 6.40. The molecule has 1 aromatic heterocycles. The topological polar surface area (TPSA) is 79.7 Å². The number of rotatable bonds is 6. The number of hydrogen-bond donors (Lipinski definition) is 1. The van der Waals surface area contributed by atoms with Crippen LogP contribution in [0, 0.1) is 0 Å². The summed E-state index contributed by atoms with van der Waals surface area (Å²) in [6.45, 7) is 1.47. The number of hydroxylamine groups is 2. The molecule has 3 atom stereocenters. The molecule has 1 amide bonds. The van der Waals surface area contributed by atoms with E-state index in [1.54, 1.807) is 36.5 Å². The third-order valence-corrected chi connectivity index (χ3v) is 7.27. The van der Waals surface area contributed by atoms with Crippen molar-refractivity contribution < 1.29 is 19.5 Å². The van der Waals surface area contributed by atoms with Gasteiger partial charge in [0.1, 0.15) is 5.54 Å². The van der Waals surface area contributed by atoms with Crippen LogP contribution in [0.15, 0.2) is 60.8 Å². The fourth-order valence-electron chi connectivity index (χ4n) is 5.03. The number of aliphatic hydroxyl groups excluding tert-OH is 1. The van der Waals surface area contributed by atoms with Gasteiger partial charge in [0.15, 0.2) is 5.78 Å². The predicted molar refractivity (Wildman–Crippen MR) is 133 cm³/mol. The molecule has 3 unspecified atom stereocenters. The Morgan fingerprint density at radius 2 is 1.86 bits per heavy atom. The molecule has 2 heterocycles. The second-order valence-electron chi connectivity index (χ2n) is 9.12. The standard InChI is InChI=1S/C27H24Cl2N2O4/c1-16(32)17-2-11-25-24(12-17)26(34)31(35-23-10-9-22(33)13-23)27(25,18-3-5-19(28)6-4-18)14-21-8-7-20(29)15-30-21/h2-8,11-12,15,22-23,33H,9-10,13-14H2,1H3. The molecular formula is C27H24Cl2N2O4. The lowest BCUT2D eigenvalue weighted by Crippen LogP contribution is -2.48. The van der Waals surface area contributed by atoms with Crippen LogP contribution < -0.4 is 0 Å². The highest BCUT2D eigenvalue weighted by molar-refractivity contribution is 6.30. The summed E-state index contributed by atoms with van der Waals surface area (Å²) >= 11 is 12.3. The van der Waals surface area contributed by atoms with Crippen molar-refractivity contribution in [2.45, 2.75) is 50.4 Å². The zero-order valence-corrected chi connectivity index (χ0v) is 20.6. The molecule has 1 aliphatic heterocycles. The van der Waals surface area contributed by atoms with E-state index in [9.17, 15) is 14.7 Å². The summed E-state index contributed by atoms with van der Waals surface area (Å²) in [4.78, 5) is 36.9. The number of Topliss-reactive ketones (excluding diaryl/α,β-unsaturated/α-hetero) is 1. The third kappa shape index (κ3) is 4.36. The third-order valence-electron chi connectivity index (χ3n) is 6.79. The van der Waals surface area contributed by atoms with Crippen LogP contribution in [0.5, 0.6) is 0 Å². The molecule has 5 rings (SSSR count). The highest BCUT2D eigenvalue weighted by Crippen LogP contribution is 2.48. The summed E-state index contributed by atoms with van der Waals surface area (Å²) in [6, 6.07) is 16.1. The number of hydrogen-bond acceptors (Lipinski definition) is 5. The molecule has 1 saturated carbocycles. The molecular weight excluding hydrogens is 487 g/mol. The Labute approximate surface area is 213 Å². The van der Waals surface area contributed by atoms with Gasteiger partial charge in [0.2, 0.25) is 0 Å². The molecule has 0 saturated heterocycles. The van der Waals surface area contributed by atoms with E-state index >= 15 is 0 Å². The van der Waals surface area contributed by atoms with E-state index in [0.29, 0.717) is 58.1 Å². The van der Waals surface area contributed by atoms with Crippen molar-refractivity contribution in [1.29, 1.82) is 0 Å². The van der Waals surface area contributed by atoms with Crippen LogP contribution in [0.3, 0.4) is 0 Å². The fraction of sp³-hybridized carbons (Fsp3) is 0.296. The Bertz CT molecular complexity index is 1280. The van der Waals surface area contributed by atoms with Crippen LogP contribution in [0.25, 0.3) is 0 Å². The normalized spacial score (nSPS) is 23.5. The van der Waals surface area contributed by atoms with Crippen molar-refractivity contribution >= 4 is 34.9 Å². The number of ketones is 1. The van der Waals surface area contributed by atoms with E-state index in [2.05, 4.69) is 4.98 Å². The molecule has 2 aliphatic rings. The van der Waals surface area contributed by atoms with Crippen molar-refractivity contribution in [3.8, 4) is 0 Å². The molecule has 0 radical (unpaired) electrons. The van der Waals surface area contributed by atoms with Crippen molar-refractivity contribution in [2.75, 3.05) is 0 Å². The highest BCUT2D eigenvalue weighted by atomic mass is 35.5. The van der Waals surface area contributed by atoms with Gasteiger partial charge in [0, 0.05) is 40.9 Å². The largest absolute Gasteiger partial charge is 0.393 e. The van der Waals surface area contributed by atoms with E-state index in [-0.39, 0.29) is 17.8 Å². The minimum absolute atomic E-state index is 0.129. The number of nitrogens with zero attached hydrogens (tertiary/aromatic N) is 2. The number of aromatic nitrogens is 1. The predicted octanol–water partition coefficient (Wildman–Crippen LogP) is 5.38. The monoisotopic (exact) mass is 510 g/mol. The minimum Gasteiger partial charge on any atom is -0.393 e. The van der Waals surface area contributed by atoms with Crippen LogP contribution in [-0.4, -0.2) is 39.1 Å². The molecule has 2 aromatic carbocycles. The lowest BCUT2D eigenvalue weighted by molar-refractivity contribution is -0.204.